The zero-order valence-corrected chi connectivity index (χ0v) is 15.6. The van der Waals surface area contributed by atoms with E-state index >= 15 is 0 Å². The minimum Gasteiger partial charge on any atom is -0.471 e. The molecule has 0 fully saturated rings. The fourth-order valence-corrected chi connectivity index (χ4v) is 2.02. The third-order valence-corrected chi connectivity index (χ3v) is 2.85. The smallest absolute Gasteiger partial charge is 0.426 e. The molecule has 0 radical (unpaired) electrons. The molecule has 0 saturated carbocycles. The number of nitrogens with zero attached hydrogens (tertiary/aromatic N) is 3. The van der Waals surface area contributed by atoms with Gasteiger partial charge < -0.3 is 9.47 Å². The molecule has 2 aromatic rings. The molecule has 0 spiro atoms. The summed E-state index contributed by atoms with van der Waals surface area (Å²) in [7, 11) is 0. The summed E-state index contributed by atoms with van der Waals surface area (Å²) in [5.74, 6) is -1.10. The van der Waals surface area contributed by atoms with E-state index in [4.69, 9.17) is 9.47 Å². The molecule has 0 atom stereocenters. The Bertz CT molecular complexity index is 727. The van der Waals surface area contributed by atoms with Gasteiger partial charge in [0.1, 0.15) is 11.2 Å². The van der Waals surface area contributed by atoms with Crippen LogP contribution in [0.25, 0.3) is 11.4 Å². The van der Waals surface area contributed by atoms with Crippen LogP contribution in [0.3, 0.4) is 0 Å². The van der Waals surface area contributed by atoms with Crippen LogP contribution < -0.4 is 9.47 Å². The van der Waals surface area contributed by atoms with Gasteiger partial charge >= 0.3 is 6.18 Å². The van der Waals surface area contributed by atoms with Crippen molar-refractivity contribution in [1.82, 2.24) is 15.0 Å². The third kappa shape index (κ3) is 5.31. The number of ether oxygens (including phenoxy) is 2. The van der Waals surface area contributed by atoms with Gasteiger partial charge in [-0.2, -0.15) is 23.1 Å². The Balaban J connectivity index is 2.75. The predicted molar refractivity (Wildman–Crippen MR) is 91.0 cm³/mol. The average molecular weight is 369 g/mol. The summed E-state index contributed by atoms with van der Waals surface area (Å²) in [5, 5.41) is 0. The SMILES string of the molecule is CC(C)(C)Oc1nc(-c2cccnc2)nc(OC(C)(C)C)c1C(F)(F)F. The summed E-state index contributed by atoms with van der Waals surface area (Å²) in [5.41, 5.74) is -2.45. The number of rotatable bonds is 3. The Morgan fingerprint density at radius 3 is 1.69 bits per heavy atom. The number of halogens is 3. The zero-order chi connectivity index (χ0) is 19.8. The number of hydrogen-bond donors (Lipinski definition) is 0. The quantitative estimate of drug-likeness (QED) is 0.769. The molecule has 5 nitrogen and oxygen atoms in total. The molecule has 0 aliphatic rings. The van der Waals surface area contributed by atoms with Crippen molar-refractivity contribution in [2.75, 3.05) is 0 Å². The van der Waals surface area contributed by atoms with Crippen molar-refractivity contribution < 1.29 is 22.6 Å². The molecule has 2 aromatic heterocycles. The molecular weight excluding hydrogens is 347 g/mol. The predicted octanol–water partition coefficient (Wildman–Crippen LogP) is 4.91. The first-order valence-corrected chi connectivity index (χ1v) is 8.04. The highest BCUT2D eigenvalue weighted by Gasteiger charge is 2.43. The van der Waals surface area contributed by atoms with E-state index in [2.05, 4.69) is 15.0 Å². The van der Waals surface area contributed by atoms with Gasteiger partial charge in [0.2, 0.25) is 11.8 Å². The maximum atomic E-state index is 13.7. The van der Waals surface area contributed by atoms with Crippen molar-refractivity contribution in [3.05, 3.63) is 30.1 Å². The Hall–Kier alpha value is -2.38. The van der Waals surface area contributed by atoms with Crippen molar-refractivity contribution in [1.29, 1.82) is 0 Å². The first kappa shape index (κ1) is 19.9. The van der Waals surface area contributed by atoms with E-state index in [-0.39, 0.29) is 5.82 Å². The fraction of sp³-hybridized carbons (Fsp3) is 0.500. The molecule has 8 heteroatoms. The second-order valence-corrected chi connectivity index (χ2v) is 7.70. The van der Waals surface area contributed by atoms with Gasteiger partial charge in [-0.15, -0.1) is 0 Å². The van der Waals surface area contributed by atoms with Crippen LogP contribution in [0, 0.1) is 0 Å². The molecular formula is C18H22F3N3O2. The number of aromatic nitrogens is 3. The lowest BCUT2D eigenvalue weighted by Crippen LogP contribution is -2.29. The Morgan fingerprint density at radius 2 is 1.35 bits per heavy atom. The summed E-state index contributed by atoms with van der Waals surface area (Å²) >= 11 is 0. The summed E-state index contributed by atoms with van der Waals surface area (Å²) in [6, 6.07) is 3.29. The molecule has 2 rings (SSSR count). The largest absolute Gasteiger partial charge is 0.471 e. The van der Waals surface area contributed by atoms with Gasteiger partial charge in [0.05, 0.1) is 0 Å². The van der Waals surface area contributed by atoms with Gasteiger partial charge in [0, 0.05) is 18.0 Å². The van der Waals surface area contributed by atoms with Gasteiger partial charge in [-0.1, -0.05) is 0 Å². The monoisotopic (exact) mass is 369 g/mol. The molecule has 0 saturated heterocycles. The second kappa shape index (κ2) is 6.74. The Labute approximate surface area is 150 Å². The zero-order valence-electron chi connectivity index (χ0n) is 15.6. The summed E-state index contributed by atoms with van der Waals surface area (Å²) in [4.78, 5) is 12.0. The summed E-state index contributed by atoms with van der Waals surface area (Å²) < 4.78 is 52.2. The maximum absolute atomic E-state index is 13.7. The van der Waals surface area contributed by atoms with Crippen LogP contribution in [-0.2, 0) is 6.18 Å². The molecule has 142 valence electrons. The van der Waals surface area contributed by atoms with E-state index in [0.717, 1.165) is 0 Å². The normalized spacial score (nSPS) is 12.8. The molecule has 2 heterocycles. The Kier molecular flexibility index (Phi) is 5.17. The average Bonchev–Trinajstić information content (AvgIpc) is 2.42. The van der Waals surface area contributed by atoms with E-state index in [1.807, 2.05) is 0 Å². The van der Waals surface area contributed by atoms with Crippen LogP contribution in [0.15, 0.2) is 24.5 Å². The summed E-state index contributed by atoms with van der Waals surface area (Å²) in [6.45, 7) is 9.85. The number of hydrogen-bond acceptors (Lipinski definition) is 5. The minimum absolute atomic E-state index is 0.0459. The molecule has 26 heavy (non-hydrogen) atoms. The Morgan fingerprint density at radius 1 is 0.846 bits per heavy atom. The lowest BCUT2D eigenvalue weighted by molar-refractivity contribution is -0.142. The highest BCUT2D eigenvalue weighted by molar-refractivity contribution is 5.56. The molecule has 0 aliphatic heterocycles. The van der Waals surface area contributed by atoms with Crippen LogP contribution in [0.1, 0.15) is 47.1 Å². The van der Waals surface area contributed by atoms with Crippen LogP contribution in [0.2, 0.25) is 0 Å². The van der Waals surface area contributed by atoms with E-state index in [0.29, 0.717) is 5.56 Å². The standard InChI is InChI=1S/C18H22F3N3O2/c1-16(2,3)25-14-12(18(19,20)21)15(26-17(4,5)6)24-13(23-14)11-8-7-9-22-10-11/h7-10H,1-6H3. The number of pyridine rings is 1. The van der Waals surface area contributed by atoms with E-state index in [1.54, 1.807) is 59.9 Å². The van der Waals surface area contributed by atoms with Gasteiger partial charge in [0.15, 0.2) is 11.4 Å². The highest BCUT2D eigenvalue weighted by Crippen LogP contribution is 2.43. The van der Waals surface area contributed by atoms with Gasteiger partial charge in [0.25, 0.3) is 0 Å². The number of alkyl halides is 3. The summed E-state index contributed by atoms with van der Waals surface area (Å²) in [6.07, 6.45) is -1.73. The molecule has 0 aromatic carbocycles. The van der Waals surface area contributed by atoms with Crippen molar-refractivity contribution in [2.24, 2.45) is 0 Å². The van der Waals surface area contributed by atoms with E-state index in [1.165, 1.54) is 6.20 Å². The molecule has 0 unspecified atom stereocenters. The van der Waals surface area contributed by atoms with E-state index < -0.39 is 34.7 Å². The lowest BCUT2D eigenvalue weighted by Gasteiger charge is -2.27. The lowest BCUT2D eigenvalue weighted by atomic mass is 10.1. The highest BCUT2D eigenvalue weighted by atomic mass is 19.4. The fourth-order valence-electron chi connectivity index (χ4n) is 2.02. The molecule has 0 aliphatic carbocycles. The van der Waals surface area contributed by atoms with Gasteiger partial charge in [-0.25, -0.2) is 0 Å². The van der Waals surface area contributed by atoms with Crippen LogP contribution >= 0.6 is 0 Å². The van der Waals surface area contributed by atoms with Crippen LogP contribution in [0.5, 0.6) is 11.8 Å². The third-order valence-electron chi connectivity index (χ3n) is 2.85. The van der Waals surface area contributed by atoms with Crippen LogP contribution in [0.4, 0.5) is 13.2 Å². The molecule has 0 N–H and O–H groups in total. The van der Waals surface area contributed by atoms with Crippen molar-refractivity contribution >= 4 is 0 Å². The van der Waals surface area contributed by atoms with Crippen molar-refractivity contribution in [3.8, 4) is 23.1 Å². The van der Waals surface area contributed by atoms with Gasteiger partial charge in [-0.05, 0) is 53.7 Å². The minimum atomic E-state index is -4.74. The molecule has 0 amide bonds. The van der Waals surface area contributed by atoms with Crippen molar-refractivity contribution in [3.63, 3.8) is 0 Å². The van der Waals surface area contributed by atoms with Crippen molar-refractivity contribution in [2.45, 2.75) is 58.9 Å². The molecule has 0 bridgehead atoms. The van der Waals surface area contributed by atoms with E-state index in [9.17, 15) is 13.2 Å². The van der Waals surface area contributed by atoms with Crippen LogP contribution in [-0.4, -0.2) is 26.2 Å². The first-order chi connectivity index (χ1) is 11.8. The second-order valence-electron chi connectivity index (χ2n) is 7.70. The topological polar surface area (TPSA) is 57.1 Å². The van der Waals surface area contributed by atoms with Gasteiger partial charge in [-0.3, -0.25) is 4.98 Å². The first-order valence-electron chi connectivity index (χ1n) is 8.04. The maximum Gasteiger partial charge on any atom is 0.426 e.